The molecule has 1 atom stereocenters. The molecule has 2 aromatic rings. The van der Waals surface area contributed by atoms with E-state index in [4.69, 9.17) is 11.6 Å². The Hall–Kier alpha value is -2.04. The van der Waals surface area contributed by atoms with E-state index in [9.17, 15) is 4.79 Å². The van der Waals surface area contributed by atoms with Gasteiger partial charge in [-0.3, -0.25) is 9.69 Å². The zero-order valence-electron chi connectivity index (χ0n) is 16.3. The molecule has 0 radical (unpaired) electrons. The molecule has 2 aromatic carbocycles. The maximum atomic E-state index is 12.6. The Bertz CT molecular complexity index is 800. The van der Waals surface area contributed by atoms with E-state index in [0.29, 0.717) is 11.6 Å². The van der Waals surface area contributed by atoms with Crippen LogP contribution in [0.2, 0.25) is 5.02 Å². The van der Waals surface area contributed by atoms with E-state index in [0.717, 1.165) is 31.7 Å². The summed E-state index contributed by atoms with van der Waals surface area (Å²) in [5.41, 5.74) is 4.92. The van der Waals surface area contributed by atoms with Crippen molar-refractivity contribution in [2.45, 2.75) is 33.4 Å². The minimum absolute atomic E-state index is 0.0510. The molecular formula is C22H28ClN3O. The molecule has 1 aliphatic rings. The zero-order chi connectivity index (χ0) is 19.4. The highest BCUT2D eigenvalue weighted by molar-refractivity contribution is 6.31. The van der Waals surface area contributed by atoms with Crippen LogP contribution in [0, 0.1) is 13.8 Å². The number of nitrogens with zero attached hydrogens (tertiary/aromatic N) is 2. The molecular weight excluding hydrogens is 358 g/mol. The Morgan fingerprint density at radius 2 is 1.78 bits per heavy atom. The SMILES string of the molecule is Cc1cccc(N2CCN([C@H](C)C(=O)NCc3ccccc3Cl)CC2)c1C. The van der Waals surface area contributed by atoms with E-state index in [-0.39, 0.29) is 11.9 Å². The molecule has 0 bridgehead atoms. The lowest BCUT2D eigenvalue weighted by atomic mass is 10.1. The van der Waals surface area contributed by atoms with Crippen molar-refractivity contribution in [1.29, 1.82) is 0 Å². The van der Waals surface area contributed by atoms with Crippen LogP contribution in [0.3, 0.4) is 0 Å². The van der Waals surface area contributed by atoms with Crippen LogP contribution in [0.4, 0.5) is 5.69 Å². The molecule has 1 amide bonds. The van der Waals surface area contributed by atoms with Gasteiger partial charge < -0.3 is 10.2 Å². The lowest BCUT2D eigenvalue weighted by molar-refractivity contribution is -0.126. The van der Waals surface area contributed by atoms with Gasteiger partial charge in [0.05, 0.1) is 6.04 Å². The van der Waals surface area contributed by atoms with Gasteiger partial charge in [-0.05, 0) is 49.6 Å². The fourth-order valence-corrected chi connectivity index (χ4v) is 3.77. The molecule has 1 saturated heterocycles. The highest BCUT2D eigenvalue weighted by Gasteiger charge is 2.26. The van der Waals surface area contributed by atoms with Crippen LogP contribution in [0.15, 0.2) is 42.5 Å². The molecule has 3 rings (SSSR count). The third-order valence-corrected chi connectivity index (χ3v) is 5.94. The first-order chi connectivity index (χ1) is 13.0. The average Bonchev–Trinajstić information content (AvgIpc) is 2.69. The standard InChI is InChI=1S/C22H28ClN3O/c1-16-7-6-10-21(17(16)2)26-13-11-25(12-14-26)18(3)22(27)24-15-19-8-4-5-9-20(19)23/h4-10,18H,11-15H2,1-3H3,(H,24,27)/t18-/m1/s1. The van der Waals surface area contributed by atoms with Crippen LogP contribution in [-0.4, -0.2) is 43.0 Å². The maximum Gasteiger partial charge on any atom is 0.237 e. The molecule has 1 aliphatic heterocycles. The summed E-state index contributed by atoms with van der Waals surface area (Å²) in [6, 6.07) is 13.9. The van der Waals surface area contributed by atoms with Crippen molar-refractivity contribution in [3.63, 3.8) is 0 Å². The smallest absolute Gasteiger partial charge is 0.237 e. The molecule has 1 fully saturated rings. The Morgan fingerprint density at radius 1 is 1.07 bits per heavy atom. The van der Waals surface area contributed by atoms with Gasteiger partial charge in [-0.1, -0.05) is 41.9 Å². The fraction of sp³-hybridized carbons (Fsp3) is 0.409. The van der Waals surface area contributed by atoms with Crippen LogP contribution in [-0.2, 0) is 11.3 Å². The number of hydrogen-bond acceptors (Lipinski definition) is 3. The number of amides is 1. The highest BCUT2D eigenvalue weighted by Crippen LogP contribution is 2.24. The van der Waals surface area contributed by atoms with Gasteiger partial charge >= 0.3 is 0 Å². The monoisotopic (exact) mass is 385 g/mol. The molecule has 1 N–H and O–H groups in total. The molecule has 0 aliphatic carbocycles. The molecule has 0 saturated carbocycles. The first kappa shape index (κ1) is 19.7. The number of halogens is 1. The summed E-state index contributed by atoms with van der Waals surface area (Å²) in [4.78, 5) is 17.2. The van der Waals surface area contributed by atoms with E-state index < -0.39 is 0 Å². The minimum atomic E-state index is -0.145. The topological polar surface area (TPSA) is 35.6 Å². The Balaban J connectivity index is 1.53. The Kier molecular flexibility index (Phi) is 6.40. The van der Waals surface area contributed by atoms with Gasteiger partial charge in [-0.2, -0.15) is 0 Å². The number of aryl methyl sites for hydroxylation is 1. The predicted octanol–water partition coefficient (Wildman–Crippen LogP) is 3.78. The largest absolute Gasteiger partial charge is 0.369 e. The Morgan fingerprint density at radius 3 is 2.48 bits per heavy atom. The van der Waals surface area contributed by atoms with Crippen molar-refractivity contribution in [1.82, 2.24) is 10.2 Å². The maximum absolute atomic E-state index is 12.6. The summed E-state index contributed by atoms with van der Waals surface area (Å²) in [5.74, 6) is 0.0510. The number of nitrogens with one attached hydrogen (secondary N) is 1. The molecule has 0 spiro atoms. The second-order valence-electron chi connectivity index (χ2n) is 7.23. The predicted molar refractivity (Wildman–Crippen MR) is 112 cm³/mol. The molecule has 27 heavy (non-hydrogen) atoms. The fourth-order valence-electron chi connectivity index (χ4n) is 3.57. The zero-order valence-corrected chi connectivity index (χ0v) is 17.1. The van der Waals surface area contributed by atoms with Crippen LogP contribution in [0.1, 0.15) is 23.6 Å². The third-order valence-electron chi connectivity index (χ3n) is 5.57. The number of hydrogen-bond donors (Lipinski definition) is 1. The van der Waals surface area contributed by atoms with Crippen molar-refractivity contribution < 1.29 is 4.79 Å². The van der Waals surface area contributed by atoms with E-state index in [1.54, 1.807) is 0 Å². The second-order valence-corrected chi connectivity index (χ2v) is 7.63. The molecule has 4 nitrogen and oxygen atoms in total. The molecule has 144 valence electrons. The third kappa shape index (κ3) is 4.63. The highest BCUT2D eigenvalue weighted by atomic mass is 35.5. The van der Waals surface area contributed by atoms with Gasteiger partial charge in [0.1, 0.15) is 0 Å². The number of carbonyl (C=O) groups is 1. The van der Waals surface area contributed by atoms with Gasteiger partial charge in [0.25, 0.3) is 0 Å². The molecule has 0 unspecified atom stereocenters. The van der Waals surface area contributed by atoms with Crippen molar-refractivity contribution in [2.24, 2.45) is 0 Å². The normalized spacial score (nSPS) is 16.2. The minimum Gasteiger partial charge on any atom is -0.369 e. The lowest BCUT2D eigenvalue weighted by Gasteiger charge is -2.39. The van der Waals surface area contributed by atoms with Gasteiger partial charge in [0, 0.05) is 43.4 Å². The molecule has 0 aromatic heterocycles. The van der Waals surface area contributed by atoms with Crippen molar-refractivity contribution >= 4 is 23.2 Å². The quantitative estimate of drug-likeness (QED) is 0.850. The Labute approximate surface area is 167 Å². The van der Waals surface area contributed by atoms with Crippen LogP contribution in [0.5, 0.6) is 0 Å². The van der Waals surface area contributed by atoms with Gasteiger partial charge in [0.2, 0.25) is 5.91 Å². The summed E-state index contributed by atoms with van der Waals surface area (Å²) in [7, 11) is 0. The molecule has 1 heterocycles. The van der Waals surface area contributed by atoms with Gasteiger partial charge in [-0.25, -0.2) is 0 Å². The summed E-state index contributed by atoms with van der Waals surface area (Å²) in [6.07, 6.45) is 0. The molecule has 5 heteroatoms. The summed E-state index contributed by atoms with van der Waals surface area (Å²) in [6.45, 7) is 10.4. The van der Waals surface area contributed by atoms with Crippen LogP contribution >= 0.6 is 11.6 Å². The number of anilines is 1. The first-order valence-corrected chi connectivity index (χ1v) is 9.91. The van der Waals surface area contributed by atoms with Crippen molar-refractivity contribution in [2.75, 3.05) is 31.1 Å². The number of benzene rings is 2. The lowest BCUT2D eigenvalue weighted by Crippen LogP contribution is -2.54. The summed E-state index contributed by atoms with van der Waals surface area (Å²) in [5, 5.41) is 3.71. The van der Waals surface area contributed by atoms with E-state index in [1.165, 1.54) is 16.8 Å². The average molecular weight is 386 g/mol. The van der Waals surface area contributed by atoms with Crippen molar-refractivity contribution in [3.8, 4) is 0 Å². The van der Waals surface area contributed by atoms with Gasteiger partial charge in [-0.15, -0.1) is 0 Å². The van der Waals surface area contributed by atoms with Crippen LogP contribution in [0.25, 0.3) is 0 Å². The van der Waals surface area contributed by atoms with Gasteiger partial charge in [0.15, 0.2) is 0 Å². The van der Waals surface area contributed by atoms with E-state index >= 15 is 0 Å². The summed E-state index contributed by atoms with van der Waals surface area (Å²) < 4.78 is 0. The van der Waals surface area contributed by atoms with E-state index in [2.05, 4.69) is 47.2 Å². The second kappa shape index (κ2) is 8.77. The number of carbonyl (C=O) groups excluding carboxylic acids is 1. The van der Waals surface area contributed by atoms with E-state index in [1.807, 2.05) is 31.2 Å². The number of rotatable bonds is 5. The van der Waals surface area contributed by atoms with Crippen LogP contribution < -0.4 is 10.2 Å². The van der Waals surface area contributed by atoms with Crippen molar-refractivity contribution in [3.05, 3.63) is 64.2 Å². The summed E-state index contributed by atoms with van der Waals surface area (Å²) >= 11 is 6.17. The first-order valence-electron chi connectivity index (χ1n) is 9.53. The number of piperazine rings is 1.